The molecule has 7 nitrogen and oxygen atoms in total. The first-order chi connectivity index (χ1) is 14.5. The van der Waals surface area contributed by atoms with Crippen LogP contribution in [-0.4, -0.2) is 43.5 Å². The van der Waals surface area contributed by atoms with Crippen molar-refractivity contribution in [2.75, 3.05) is 13.1 Å². The maximum Gasteiger partial charge on any atom is 0.293 e. The summed E-state index contributed by atoms with van der Waals surface area (Å²) in [6.07, 6.45) is 5.79. The zero-order chi connectivity index (χ0) is 20.8. The number of halogens is 1. The van der Waals surface area contributed by atoms with Crippen LogP contribution < -0.4 is 5.56 Å². The molecule has 2 aromatic heterocycles. The van der Waals surface area contributed by atoms with Crippen molar-refractivity contribution in [3.63, 3.8) is 0 Å². The number of likely N-dealkylation sites (tertiary alicyclic amines) is 1. The van der Waals surface area contributed by atoms with E-state index in [1.165, 1.54) is 4.68 Å². The Bertz CT molecular complexity index is 1170. The lowest BCUT2D eigenvalue weighted by Gasteiger charge is -2.30. The molecule has 8 heteroatoms. The number of amides is 1. The molecule has 1 aliphatic carbocycles. The third-order valence-electron chi connectivity index (χ3n) is 6.15. The molecule has 1 saturated carbocycles. The van der Waals surface area contributed by atoms with E-state index in [4.69, 9.17) is 11.6 Å². The normalized spacial score (nSPS) is 17.6. The van der Waals surface area contributed by atoms with E-state index < -0.39 is 0 Å². The fourth-order valence-corrected chi connectivity index (χ4v) is 4.33. The zero-order valence-corrected chi connectivity index (χ0v) is 17.7. The van der Waals surface area contributed by atoms with Gasteiger partial charge in [0.05, 0.1) is 17.6 Å². The van der Waals surface area contributed by atoms with Crippen LogP contribution in [0.15, 0.2) is 35.3 Å². The predicted octanol–water partition coefficient (Wildman–Crippen LogP) is 3.37. The van der Waals surface area contributed by atoms with Gasteiger partial charge in [0.1, 0.15) is 12.1 Å². The van der Waals surface area contributed by atoms with E-state index in [0.29, 0.717) is 28.1 Å². The SMILES string of the molecule is CC1CCN(C(=O)Cn2nc(C3CC3)c3cnn(-c4cccc(Cl)c4)c3c2=O)CC1. The Hall–Kier alpha value is -2.67. The van der Waals surface area contributed by atoms with Crippen LogP contribution in [0.5, 0.6) is 0 Å². The molecule has 1 aromatic carbocycles. The topological polar surface area (TPSA) is 73.0 Å². The molecule has 1 saturated heterocycles. The smallest absolute Gasteiger partial charge is 0.293 e. The first-order valence-electron chi connectivity index (χ1n) is 10.5. The first kappa shape index (κ1) is 19.3. The highest BCUT2D eigenvalue weighted by molar-refractivity contribution is 6.30. The van der Waals surface area contributed by atoms with Gasteiger partial charge in [-0.25, -0.2) is 9.36 Å². The zero-order valence-electron chi connectivity index (χ0n) is 16.9. The highest BCUT2D eigenvalue weighted by Gasteiger charge is 2.31. The molecule has 0 atom stereocenters. The molecule has 0 radical (unpaired) electrons. The van der Waals surface area contributed by atoms with Crippen LogP contribution in [0.25, 0.3) is 16.6 Å². The molecule has 0 unspecified atom stereocenters. The Morgan fingerprint density at radius 1 is 1.20 bits per heavy atom. The van der Waals surface area contributed by atoms with E-state index >= 15 is 0 Å². The lowest BCUT2D eigenvalue weighted by Crippen LogP contribution is -2.42. The molecule has 1 amide bonds. The van der Waals surface area contributed by atoms with Crippen LogP contribution in [0.2, 0.25) is 5.02 Å². The highest BCUT2D eigenvalue weighted by atomic mass is 35.5. The van der Waals surface area contributed by atoms with E-state index in [-0.39, 0.29) is 18.0 Å². The molecule has 5 rings (SSSR count). The minimum Gasteiger partial charge on any atom is -0.341 e. The van der Waals surface area contributed by atoms with Gasteiger partial charge in [0.15, 0.2) is 0 Å². The van der Waals surface area contributed by atoms with Gasteiger partial charge >= 0.3 is 0 Å². The maximum absolute atomic E-state index is 13.4. The minimum atomic E-state index is -0.300. The number of carbonyl (C=O) groups is 1. The number of carbonyl (C=O) groups excluding carboxylic acids is 1. The fourth-order valence-electron chi connectivity index (χ4n) is 4.15. The van der Waals surface area contributed by atoms with Gasteiger partial charge in [-0.2, -0.15) is 10.2 Å². The van der Waals surface area contributed by atoms with Crippen molar-refractivity contribution >= 4 is 28.4 Å². The van der Waals surface area contributed by atoms with Crippen LogP contribution in [0.3, 0.4) is 0 Å². The Morgan fingerprint density at radius 2 is 1.97 bits per heavy atom. The molecule has 2 fully saturated rings. The molecule has 0 N–H and O–H groups in total. The van der Waals surface area contributed by atoms with Crippen molar-refractivity contribution in [1.29, 1.82) is 0 Å². The van der Waals surface area contributed by atoms with Crippen molar-refractivity contribution in [2.24, 2.45) is 5.92 Å². The summed E-state index contributed by atoms with van der Waals surface area (Å²) in [6.45, 7) is 3.66. The summed E-state index contributed by atoms with van der Waals surface area (Å²) in [6, 6.07) is 7.24. The average Bonchev–Trinajstić information content (AvgIpc) is 3.48. The molecule has 0 bridgehead atoms. The molecule has 1 aliphatic heterocycles. The Morgan fingerprint density at radius 3 is 2.67 bits per heavy atom. The van der Waals surface area contributed by atoms with Crippen molar-refractivity contribution in [2.45, 2.75) is 45.1 Å². The van der Waals surface area contributed by atoms with E-state index in [1.807, 2.05) is 17.0 Å². The van der Waals surface area contributed by atoms with Gasteiger partial charge in [0.25, 0.3) is 5.56 Å². The Balaban J connectivity index is 1.57. The van der Waals surface area contributed by atoms with Gasteiger partial charge < -0.3 is 4.90 Å². The van der Waals surface area contributed by atoms with Gasteiger partial charge in [-0.15, -0.1) is 0 Å². The molecule has 30 heavy (non-hydrogen) atoms. The molecule has 0 spiro atoms. The molecule has 3 heterocycles. The number of rotatable bonds is 4. The van der Waals surface area contributed by atoms with Gasteiger partial charge in [-0.3, -0.25) is 9.59 Å². The summed E-state index contributed by atoms with van der Waals surface area (Å²) in [5.74, 6) is 0.911. The van der Waals surface area contributed by atoms with Crippen LogP contribution in [0.1, 0.15) is 44.2 Å². The van der Waals surface area contributed by atoms with Crippen molar-refractivity contribution in [3.8, 4) is 5.69 Å². The molecule has 3 aromatic rings. The molecule has 156 valence electrons. The second kappa shape index (κ2) is 7.54. The summed E-state index contributed by atoms with van der Waals surface area (Å²) < 4.78 is 2.94. The summed E-state index contributed by atoms with van der Waals surface area (Å²) in [5, 5.41) is 10.4. The predicted molar refractivity (Wildman–Crippen MR) is 115 cm³/mol. The van der Waals surface area contributed by atoms with Crippen LogP contribution in [0.4, 0.5) is 0 Å². The Labute approximate surface area is 179 Å². The fraction of sp³-hybridized carbons (Fsp3) is 0.455. The lowest BCUT2D eigenvalue weighted by molar-refractivity contribution is -0.133. The molecule has 2 aliphatic rings. The second-order valence-corrected chi connectivity index (χ2v) is 8.92. The molecular formula is C22H24ClN5O2. The second-order valence-electron chi connectivity index (χ2n) is 8.48. The lowest BCUT2D eigenvalue weighted by atomic mass is 9.99. The standard InChI is InChI=1S/C22H24ClN5O2/c1-14-7-9-26(10-8-14)19(29)13-27-22(30)21-18(20(25-27)15-5-6-15)12-24-28(21)17-4-2-3-16(23)11-17/h2-4,11-12,14-15H,5-10,13H2,1H3. The van der Waals surface area contributed by atoms with Gasteiger partial charge in [0, 0.05) is 29.4 Å². The van der Waals surface area contributed by atoms with Crippen molar-refractivity contribution < 1.29 is 4.79 Å². The highest BCUT2D eigenvalue weighted by Crippen LogP contribution is 2.41. The number of benzene rings is 1. The largest absolute Gasteiger partial charge is 0.341 e. The maximum atomic E-state index is 13.4. The van der Waals surface area contributed by atoms with E-state index in [9.17, 15) is 9.59 Å². The number of nitrogens with zero attached hydrogens (tertiary/aromatic N) is 5. The minimum absolute atomic E-state index is 0.0381. The van der Waals surface area contributed by atoms with Gasteiger partial charge in [-0.1, -0.05) is 24.6 Å². The van der Waals surface area contributed by atoms with E-state index in [1.54, 1.807) is 23.0 Å². The quantitative estimate of drug-likeness (QED) is 0.642. The van der Waals surface area contributed by atoms with Crippen molar-refractivity contribution in [1.82, 2.24) is 24.5 Å². The monoisotopic (exact) mass is 425 g/mol. The van der Waals surface area contributed by atoms with E-state index in [2.05, 4.69) is 17.1 Å². The van der Waals surface area contributed by atoms with E-state index in [0.717, 1.165) is 49.9 Å². The Kier molecular flexibility index (Phi) is 4.85. The number of aromatic nitrogens is 4. The van der Waals surface area contributed by atoms with Gasteiger partial charge in [-0.05, 0) is 49.8 Å². The third-order valence-corrected chi connectivity index (χ3v) is 6.38. The number of fused-ring (bicyclic) bond motifs is 1. The van der Waals surface area contributed by atoms with Gasteiger partial charge in [0.2, 0.25) is 5.91 Å². The van der Waals surface area contributed by atoms with Crippen LogP contribution >= 0.6 is 11.6 Å². The van der Waals surface area contributed by atoms with Crippen LogP contribution in [-0.2, 0) is 11.3 Å². The number of piperidine rings is 1. The molecular weight excluding hydrogens is 402 g/mol. The summed E-state index contributed by atoms with van der Waals surface area (Å²) in [7, 11) is 0. The summed E-state index contributed by atoms with van der Waals surface area (Å²) in [4.78, 5) is 28.1. The third kappa shape index (κ3) is 3.51. The summed E-state index contributed by atoms with van der Waals surface area (Å²) >= 11 is 6.15. The van der Waals surface area contributed by atoms with Crippen LogP contribution in [0, 0.1) is 5.92 Å². The average molecular weight is 426 g/mol. The van der Waals surface area contributed by atoms with Crippen molar-refractivity contribution in [3.05, 3.63) is 51.5 Å². The number of hydrogen-bond donors (Lipinski definition) is 0. The summed E-state index contributed by atoms with van der Waals surface area (Å²) in [5.41, 5.74) is 1.73. The number of hydrogen-bond acceptors (Lipinski definition) is 4. The first-order valence-corrected chi connectivity index (χ1v) is 10.9.